The number of halogens is 2. The van der Waals surface area contributed by atoms with Gasteiger partial charge in [0.15, 0.2) is 0 Å². The van der Waals surface area contributed by atoms with Crippen molar-refractivity contribution in [2.45, 2.75) is 12.7 Å². The highest BCUT2D eigenvalue weighted by atomic mass is 35.5. The van der Waals surface area contributed by atoms with E-state index in [1.54, 1.807) is 30.3 Å². The Morgan fingerprint density at radius 1 is 1.06 bits per heavy atom. The van der Waals surface area contributed by atoms with E-state index < -0.39 is 18.0 Å². The minimum atomic E-state index is -1.81. The molecule has 96 valence electrons. The van der Waals surface area contributed by atoms with E-state index in [2.05, 4.69) is 0 Å². The first-order chi connectivity index (χ1) is 7.11. The molecule has 0 radical (unpaired) electrons. The average molecular weight is 283 g/mol. The standard InChI is InChI=1S/C10H10O5.2ClH/c11-9(12)8(10(13)14)15-6-7-4-2-1-3-5-7;;/h1-5,8H,6H2,(H,11,12)(H,13,14);2*1H. The van der Waals surface area contributed by atoms with Crippen LogP contribution in [0.3, 0.4) is 0 Å². The predicted molar refractivity (Wildman–Crippen MR) is 64.8 cm³/mol. The molecule has 0 amide bonds. The van der Waals surface area contributed by atoms with Crippen LogP contribution in [0.4, 0.5) is 0 Å². The molecule has 0 heterocycles. The minimum absolute atomic E-state index is 0. The monoisotopic (exact) mass is 282 g/mol. The fourth-order valence-electron chi connectivity index (χ4n) is 1.00. The molecule has 0 unspecified atom stereocenters. The van der Waals surface area contributed by atoms with E-state index in [9.17, 15) is 9.59 Å². The highest BCUT2D eigenvalue weighted by Gasteiger charge is 2.26. The largest absolute Gasteiger partial charge is 0.479 e. The van der Waals surface area contributed by atoms with Crippen molar-refractivity contribution in [3.05, 3.63) is 35.9 Å². The van der Waals surface area contributed by atoms with Gasteiger partial charge in [-0.05, 0) is 5.56 Å². The summed E-state index contributed by atoms with van der Waals surface area (Å²) < 4.78 is 4.75. The summed E-state index contributed by atoms with van der Waals surface area (Å²) in [7, 11) is 0. The first-order valence-corrected chi connectivity index (χ1v) is 4.22. The zero-order chi connectivity index (χ0) is 11.3. The molecule has 1 aromatic carbocycles. The Bertz CT molecular complexity index is 341. The maximum atomic E-state index is 10.5. The maximum Gasteiger partial charge on any atom is 0.344 e. The topological polar surface area (TPSA) is 83.8 Å². The van der Waals surface area contributed by atoms with Gasteiger partial charge in [0.05, 0.1) is 6.61 Å². The Morgan fingerprint density at radius 2 is 1.53 bits per heavy atom. The number of aliphatic carboxylic acids is 2. The van der Waals surface area contributed by atoms with Gasteiger partial charge in [-0.2, -0.15) is 0 Å². The molecule has 0 spiro atoms. The van der Waals surface area contributed by atoms with Crippen molar-refractivity contribution >= 4 is 36.8 Å². The normalized spacial score (nSPS) is 9.00. The Hall–Kier alpha value is -1.30. The van der Waals surface area contributed by atoms with E-state index >= 15 is 0 Å². The molecule has 7 heteroatoms. The van der Waals surface area contributed by atoms with Gasteiger partial charge >= 0.3 is 11.9 Å². The lowest BCUT2D eigenvalue weighted by molar-refractivity contribution is -0.166. The van der Waals surface area contributed by atoms with Crippen molar-refractivity contribution in [2.75, 3.05) is 0 Å². The van der Waals surface area contributed by atoms with Crippen LogP contribution in [0, 0.1) is 0 Å². The van der Waals surface area contributed by atoms with Gasteiger partial charge in [-0.25, -0.2) is 9.59 Å². The van der Waals surface area contributed by atoms with Crippen LogP contribution in [0.2, 0.25) is 0 Å². The lowest BCUT2D eigenvalue weighted by Gasteiger charge is -2.08. The third-order valence-electron chi connectivity index (χ3n) is 1.71. The fraction of sp³-hybridized carbons (Fsp3) is 0.200. The number of carboxylic acid groups (broad SMARTS) is 2. The third kappa shape index (κ3) is 6.11. The highest BCUT2D eigenvalue weighted by Crippen LogP contribution is 2.03. The second kappa shape index (κ2) is 8.81. The highest BCUT2D eigenvalue weighted by molar-refractivity contribution is 5.95. The van der Waals surface area contributed by atoms with Crippen LogP contribution in [0.15, 0.2) is 30.3 Å². The summed E-state index contributed by atoms with van der Waals surface area (Å²) >= 11 is 0. The zero-order valence-corrected chi connectivity index (χ0v) is 10.2. The average Bonchev–Trinajstić information content (AvgIpc) is 2.18. The summed E-state index contributed by atoms with van der Waals surface area (Å²) in [6, 6.07) is 8.77. The van der Waals surface area contributed by atoms with E-state index in [0.29, 0.717) is 0 Å². The number of hydrogen-bond acceptors (Lipinski definition) is 3. The molecule has 17 heavy (non-hydrogen) atoms. The molecule has 0 aliphatic heterocycles. The van der Waals surface area contributed by atoms with Crippen LogP contribution in [0.1, 0.15) is 5.56 Å². The molecule has 0 aliphatic carbocycles. The van der Waals surface area contributed by atoms with Crippen LogP contribution < -0.4 is 0 Å². The first kappa shape index (κ1) is 18.1. The molecule has 0 saturated carbocycles. The smallest absolute Gasteiger partial charge is 0.344 e. The Labute approximate surface area is 110 Å². The van der Waals surface area contributed by atoms with E-state index in [4.69, 9.17) is 14.9 Å². The fourth-order valence-corrected chi connectivity index (χ4v) is 1.00. The SMILES string of the molecule is Cl.Cl.O=C(O)C(OCc1ccccc1)C(=O)O. The molecule has 0 bridgehead atoms. The number of carbonyl (C=O) groups is 2. The second-order valence-electron chi connectivity index (χ2n) is 2.85. The lowest BCUT2D eigenvalue weighted by Crippen LogP contribution is -2.32. The Morgan fingerprint density at radius 3 is 1.94 bits per heavy atom. The van der Waals surface area contributed by atoms with Crippen molar-refractivity contribution in [3.8, 4) is 0 Å². The van der Waals surface area contributed by atoms with E-state index in [1.807, 2.05) is 0 Å². The molecular formula is C10H12Cl2O5. The molecule has 1 aromatic rings. The summed E-state index contributed by atoms with van der Waals surface area (Å²) in [5.41, 5.74) is 0.727. The van der Waals surface area contributed by atoms with Crippen LogP contribution in [-0.4, -0.2) is 28.3 Å². The Kier molecular flexibility index (Phi) is 9.36. The molecular weight excluding hydrogens is 271 g/mol. The molecule has 0 saturated heterocycles. The number of hydrogen-bond donors (Lipinski definition) is 2. The van der Waals surface area contributed by atoms with Gasteiger partial charge in [-0.3, -0.25) is 0 Å². The first-order valence-electron chi connectivity index (χ1n) is 4.22. The molecule has 0 fully saturated rings. The molecule has 1 rings (SSSR count). The maximum absolute atomic E-state index is 10.5. The van der Waals surface area contributed by atoms with Gasteiger partial charge < -0.3 is 14.9 Å². The zero-order valence-electron chi connectivity index (χ0n) is 8.61. The quantitative estimate of drug-likeness (QED) is 0.801. The second-order valence-corrected chi connectivity index (χ2v) is 2.85. The summed E-state index contributed by atoms with van der Waals surface area (Å²) in [6.07, 6.45) is -1.81. The van der Waals surface area contributed by atoms with Gasteiger partial charge in [0, 0.05) is 0 Å². The molecule has 0 atom stereocenters. The number of benzene rings is 1. The molecule has 5 nitrogen and oxygen atoms in total. The number of rotatable bonds is 5. The Balaban J connectivity index is 0. The number of ether oxygens (including phenoxy) is 1. The summed E-state index contributed by atoms with van der Waals surface area (Å²) in [4.78, 5) is 20.9. The van der Waals surface area contributed by atoms with Crippen molar-refractivity contribution in [1.82, 2.24) is 0 Å². The van der Waals surface area contributed by atoms with Gasteiger partial charge in [0.2, 0.25) is 0 Å². The van der Waals surface area contributed by atoms with E-state index in [-0.39, 0.29) is 31.4 Å². The van der Waals surface area contributed by atoms with E-state index in [0.717, 1.165) is 5.56 Å². The van der Waals surface area contributed by atoms with Crippen molar-refractivity contribution in [3.63, 3.8) is 0 Å². The van der Waals surface area contributed by atoms with Crippen LogP contribution in [0.25, 0.3) is 0 Å². The van der Waals surface area contributed by atoms with Crippen molar-refractivity contribution in [2.24, 2.45) is 0 Å². The van der Waals surface area contributed by atoms with Crippen LogP contribution in [-0.2, 0) is 20.9 Å². The summed E-state index contributed by atoms with van der Waals surface area (Å²) in [5.74, 6) is -3.00. The summed E-state index contributed by atoms with van der Waals surface area (Å²) in [6.45, 7) is -0.0376. The van der Waals surface area contributed by atoms with Crippen LogP contribution >= 0.6 is 24.8 Å². The predicted octanol–water partition coefficient (Wildman–Crippen LogP) is 1.58. The van der Waals surface area contributed by atoms with Crippen LogP contribution in [0.5, 0.6) is 0 Å². The van der Waals surface area contributed by atoms with Crippen molar-refractivity contribution in [1.29, 1.82) is 0 Å². The number of carboxylic acids is 2. The van der Waals surface area contributed by atoms with Gasteiger partial charge in [0.25, 0.3) is 6.10 Å². The lowest BCUT2D eigenvalue weighted by atomic mass is 10.2. The van der Waals surface area contributed by atoms with Gasteiger partial charge in [0.1, 0.15) is 0 Å². The molecule has 0 aromatic heterocycles. The van der Waals surface area contributed by atoms with Gasteiger partial charge in [-0.1, -0.05) is 30.3 Å². The third-order valence-corrected chi connectivity index (χ3v) is 1.71. The van der Waals surface area contributed by atoms with Gasteiger partial charge in [-0.15, -0.1) is 24.8 Å². The molecule has 2 N–H and O–H groups in total. The summed E-state index contributed by atoms with van der Waals surface area (Å²) in [5, 5.41) is 17.0. The van der Waals surface area contributed by atoms with Crippen molar-refractivity contribution < 1.29 is 24.5 Å². The van der Waals surface area contributed by atoms with E-state index in [1.165, 1.54) is 0 Å². The minimum Gasteiger partial charge on any atom is -0.479 e. The molecule has 0 aliphatic rings.